The van der Waals surface area contributed by atoms with Crippen molar-refractivity contribution in [3.8, 4) is 0 Å². The molecule has 1 aliphatic heterocycles. The monoisotopic (exact) mass is 406 g/mol. The number of carbonyl (C=O) groups is 1. The van der Waals surface area contributed by atoms with E-state index in [1.54, 1.807) is 12.3 Å². The third-order valence-corrected chi connectivity index (χ3v) is 6.56. The highest BCUT2D eigenvalue weighted by atomic mass is 35.5. The van der Waals surface area contributed by atoms with Crippen LogP contribution in [0.4, 0.5) is 0 Å². The summed E-state index contributed by atoms with van der Waals surface area (Å²) in [5, 5.41) is 13.3. The smallest absolute Gasteiger partial charge is 0.254 e. The van der Waals surface area contributed by atoms with Crippen LogP contribution < -0.4 is 0 Å². The van der Waals surface area contributed by atoms with Crippen molar-refractivity contribution in [3.05, 3.63) is 76.1 Å². The molecule has 2 aliphatic rings. The highest BCUT2D eigenvalue weighted by molar-refractivity contribution is 6.29. The van der Waals surface area contributed by atoms with Crippen LogP contribution in [0.3, 0.4) is 0 Å². The van der Waals surface area contributed by atoms with Crippen molar-refractivity contribution in [3.63, 3.8) is 0 Å². The molecule has 1 aromatic heterocycles. The predicted octanol–water partition coefficient (Wildman–Crippen LogP) is 4.74. The number of aromatic nitrogens is 1. The van der Waals surface area contributed by atoms with Crippen molar-refractivity contribution < 1.29 is 9.90 Å². The molecule has 0 spiro atoms. The van der Waals surface area contributed by atoms with Crippen molar-refractivity contribution in [2.24, 2.45) is 0 Å². The molecule has 2 aromatic carbocycles. The maximum Gasteiger partial charge on any atom is 0.254 e. The second-order valence-corrected chi connectivity index (χ2v) is 8.51. The van der Waals surface area contributed by atoms with Gasteiger partial charge in [-0.05, 0) is 58.9 Å². The number of fused-ring (bicyclic) bond motifs is 3. The number of aliphatic hydroxyl groups is 1. The maximum absolute atomic E-state index is 13.3. The van der Waals surface area contributed by atoms with Crippen molar-refractivity contribution in [1.82, 2.24) is 9.88 Å². The zero-order valence-corrected chi connectivity index (χ0v) is 16.9. The zero-order chi connectivity index (χ0) is 20.0. The largest absolute Gasteiger partial charge is 0.391 e. The first-order valence-electron chi connectivity index (χ1n) is 10.2. The molecule has 0 bridgehead atoms. The Morgan fingerprint density at radius 2 is 1.90 bits per heavy atom. The normalized spacial score (nSPS) is 21.6. The van der Waals surface area contributed by atoms with Gasteiger partial charge in [0.05, 0.1) is 12.1 Å². The minimum atomic E-state index is -0.423. The number of halogens is 1. The first-order chi connectivity index (χ1) is 14.1. The summed E-state index contributed by atoms with van der Waals surface area (Å²) >= 11 is 5.93. The molecular formula is C24H23ClN2O2. The molecule has 5 rings (SSSR count). The van der Waals surface area contributed by atoms with E-state index in [0.717, 1.165) is 53.3 Å². The number of amides is 1. The summed E-state index contributed by atoms with van der Waals surface area (Å²) in [6.07, 6.45) is 5.82. The topological polar surface area (TPSA) is 53.4 Å². The lowest BCUT2D eigenvalue weighted by molar-refractivity contribution is 0.0192. The standard InChI is InChI=1S/C24H23ClN2O2/c25-23-10-9-15(13-26-23)11-16-12-19-20(18-6-2-1-5-17(16)18)14-27(24(19)29)21-7-3-4-8-22(21)28/h1-2,5-6,9-10,12-13,21-22,28H,3-4,7-8,11,14H2. The summed E-state index contributed by atoms with van der Waals surface area (Å²) in [5.74, 6) is 0.0483. The summed E-state index contributed by atoms with van der Waals surface area (Å²) < 4.78 is 0. The van der Waals surface area contributed by atoms with Gasteiger partial charge in [-0.25, -0.2) is 4.98 Å². The molecule has 1 aliphatic carbocycles. The number of nitrogens with zero attached hydrogens (tertiary/aromatic N) is 2. The number of rotatable bonds is 3. The van der Waals surface area contributed by atoms with Gasteiger partial charge in [0, 0.05) is 18.3 Å². The Morgan fingerprint density at radius 1 is 1.10 bits per heavy atom. The van der Waals surface area contributed by atoms with Crippen LogP contribution in [-0.4, -0.2) is 33.0 Å². The van der Waals surface area contributed by atoms with E-state index in [1.165, 1.54) is 5.39 Å². The summed E-state index contributed by atoms with van der Waals surface area (Å²) in [6, 6.07) is 14.0. The van der Waals surface area contributed by atoms with Crippen LogP contribution in [0.15, 0.2) is 48.7 Å². The molecule has 2 unspecified atom stereocenters. The van der Waals surface area contributed by atoms with E-state index in [2.05, 4.69) is 17.1 Å². The van der Waals surface area contributed by atoms with Gasteiger partial charge in [0.2, 0.25) is 0 Å². The molecule has 5 heteroatoms. The number of aliphatic hydroxyl groups excluding tert-OH is 1. The van der Waals surface area contributed by atoms with Crippen LogP contribution in [0.5, 0.6) is 0 Å². The molecule has 1 N–H and O–H groups in total. The number of hydrogen-bond donors (Lipinski definition) is 1. The summed E-state index contributed by atoms with van der Waals surface area (Å²) in [6.45, 7) is 0.583. The summed E-state index contributed by atoms with van der Waals surface area (Å²) in [7, 11) is 0. The number of pyridine rings is 1. The van der Waals surface area contributed by atoms with E-state index in [1.807, 2.05) is 29.2 Å². The van der Waals surface area contributed by atoms with Crippen LogP contribution in [0.1, 0.15) is 52.7 Å². The van der Waals surface area contributed by atoms with Gasteiger partial charge in [0.15, 0.2) is 0 Å². The van der Waals surface area contributed by atoms with Crippen molar-refractivity contribution in [2.75, 3.05) is 0 Å². The lowest BCUT2D eigenvalue weighted by atomic mass is 9.91. The molecule has 4 nitrogen and oxygen atoms in total. The Kier molecular flexibility index (Phi) is 4.76. The molecule has 1 amide bonds. The first-order valence-corrected chi connectivity index (χ1v) is 10.6. The molecule has 29 heavy (non-hydrogen) atoms. The van der Waals surface area contributed by atoms with E-state index in [0.29, 0.717) is 18.1 Å². The Bertz CT molecular complexity index is 1080. The molecule has 3 aromatic rings. The zero-order valence-electron chi connectivity index (χ0n) is 16.1. The molecular weight excluding hydrogens is 384 g/mol. The fourth-order valence-corrected chi connectivity index (χ4v) is 4.98. The highest BCUT2D eigenvalue weighted by Crippen LogP contribution is 2.37. The third kappa shape index (κ3) is 3.30. The number of carbonyl (C=O) groups excluding carboxylic acids is 1. The lowest BCUT2D eigenvalue weighted by Gasteiger charge is -2.35. The van der Waals surface area contributed by atoms with Crippen LogP contribution in [0.25, 0.3) is 10.8 Å². The lowest BCUT2D eigenvalue weighted by Crippen LogP contribution is -2.45. The Balaban J connectivity index is 1.56. The first kappa shape index (κ1) is 18.6. The molecule has 2 atom stereocenters. The minimum Gasteiger partial charge on any atom is -0.391 e. The van der Waals surface area contributed by atoms with Gasteiger partial charge >= 0.3 is 0 Å². The Morgan fingerprint density at radius 3 is 2.66 bits per heavy atom. The Hall–Kier alpha value is -2.43. The molecule has 1 fully saturated rings. The SMILES string of the molecule is O=C1c2cc(Cc3ccc(Cl)nc3)c3ccccc3c2CN1C1CCCCC1O. The number of hydrogen-bond acceptors (Lipinski definition) is 3. The van der Waals surface area contributed by atoms with Gasteiger partial charge in [-0.2, -0.15) is 0 Å². The summed E-state index contributed by atoms with van der Waals surface area (Å²) in [4.78, 5) is 19.4. The predicted molar refractivity (Wildman–Crippen MR) is 114 cm³/mol. The average Bonchev–Trinajstić information content (AvgIpc) is 3.07. The van der Waals surface area contributed by atoms with Gasteiger partial charge in [-0.1, -0.05) is 54.8 Å². The molecule has 148 valence electrons. The third-order valence-electron chi connectivity index (χ3n) is 6.34. The van der Waals surface area contributed by atoms with Crippen LogP contribution >= 0.6 is 11.6 Å². The van der Waals surface area contributed by atoms with Crippen LogP contribution in [0, 0.1) is 0 Å². The fraction of sp³-hybridized carbons (Fsp3) is 0.333. The van der Waals surface area contributed by atoms with Gasteiger partial charge < -0.3 is 10.0 Å². The van der Waals surface area contributed by atoms with E-state index in [4.69, 9.17) is 11.6 Å². The van der Waals surface area contributed by atoms with Gasteiger partial charge in [-0.3, -0.25) is 4.79 Å². The molecule has 0 saturated heterocycles. The quantitative estimate of drug-likeness (QED) is 0.639. The Labute approximate surface area is 175 Å². The molecule has 2 heterocycles. The van der Waals surface area contributed by atoms with Crippen LogP contribution in [0.2, 0.25) is 5.15 Å². The second kappa shape index (κ2) is 7.43. The van der Waals surface area contributed by atoms with E-state index in [9.17, 15) is 9.90 Å². The van der Waals surface area contributed by atoms with E-state index < -0.39 is 6.10 Å². The summed E-state index contributed by atoms with van der Waals surface area (Å²) in [5.41, 5.74) is 4.03. The fourth-order valence-electron chi connectivity index (χ4n) is 4.87. The van der Waals surface area contributed by atoms with E-state index in [-0.39, 0.29) is 11.9 Å². The molecule has 0 radical (unpaired) electrons. The maximum atomic E-state index is 13.3. The van der Waals surface area contributed by atoms with Crippen molar-refractivity contribution in [1.29, 1.82) is 0 Å². The second-order valence-electron chi connectivity index (χ2n) is 8.13. The van der Waals surface area contributed by atoms with Crippen molar-refractivity contribution >= 4 is 28.3 Å². The van der Waals surface area contributed by atoms with Gasteiger partial charge in [0.25, 0.3) is 5.91 Å². The molecule has 1 saturated carbocycles. The van der Waals surface area contributed by atoms with Crippen molar-refractivity contribution in [2.45, 2.75) is 50.8 Å². The van der Waals surface area contributed by atoms with Gasteiger partial charge in [0.1, 0.15) is 5.15 Å². The minimum absolute atomic E-state index is 0.0483. The average molecular weight is 407 g/mol. The highest BCUT2D eigenvalue weighted by Gasteiger charge is 2.38. The van der Waals surface area contributed by atoms with Crippen LogP contribution in [-0.2, 0) is 13.0 Å². The van der Waals surface area contributed by atoms with E-state index >= 15 is 0 Å². The number of benzene rings is 2. The van der Waals surface area contributed by atoms with Gasteiger partial charge in [-0.15, -0.1) is 0 Å².